The van der Waals surface area contributed by atoms with Crippen LogP contribution < -0.4 is 5.73 Å². The van der Waals surface area contributed by atoms with Crippen molar-refractivity contribution >= 4 is 12.4 Å². The highest BCUT2D eigenvalue weighted by Gasteiger charge is 2.28. The standard InChI is InChI=1S/C12H15F2NO.ClH/c13-8-5-6-9(14)12(16)10(8)11(15)7-3-1-2-4-7;/h5-7,11,16H,1-4,15H2;1H/t11-;/m0./s1. The summed E-state index contributed by atoms with van der Waals surface area (Å²) >= 11 is 0. The van der Waals surface area contributed by atoms with Crippen LogP contribution >= 0.6 is 12.4 Å². The lowest BCUT2D eigenvalue weighted by atomic mass is 9.91. The van der Waals surface area contributed by atoms with Gasteiger partial charge in [0.25, 0.3) is 0 Å². The van der Waals surface area contributed by atoms with Crippen molar-refractivity contribution in [3.05, 3.63) is 29.3 Å². The normalized spacial score (nSPS) is 17.8. The van der Waals surface area contributed by atoms with Crippen LogP contribution in [0.5, 0.6) is 5.75 Å². The summed E-state index contributed by atoms with van der Waals surface area (Å²) in [6.45, 7) is 0. The zero-order valence-electron chi connectivity index (χ0n) is 9.33. The second kappa shape index (κ2) is 5.65. The van der Waals surface area contributed by atoms with Crippen molar-refractivity contribution in [2.45, 2.75) is 31.7 Å². The number of aromatic hydroxyl groups is 1. The maximum absolute atomic E-state index is 13.5. The molecule has 0 heterocycles. The average Bonchev–Trinajstić information content (AvgIpc) is 2.77. The molecule has 3 N–H and O–H groups in total. The predicted octanol–water partition coefficient (Wildman–Crippen LogP) is 3.28. The van der Waals surface area contributed by atoms with E-state index in [2.05, 4.69) is 0 Å². The topological polar surface area (TPSA) is 46.2 Å². The molecule has 0 radical (unpaired) electrons. The van der Waals surface area contributed by atoms with Crippen LogP contribution in [-0.4, -0.2) is 5.11 Å². The van der Waals surface area contributed by atoms with Gasteiger partial charge in [-0.15, -0.1) is 12.4 Å². The van der Waals surface area contributed by atoms with Crippen LogP contribution in [0, 0.1) is 17.6 Å². The fourth-order valence-electron chi connectivity index (χ4n) is 2.43. The molecule has 1 fully saturated rings. The van der Waals surface area contributed by atoms with Crippen LogP contribution in [0.3, 0.4) is 0 Å². The van der Waals surface area contributed by atoms with Crippen LogP contribution in [0.2, 0.25) is 0 Å². The van der Waals surface area contributed by atoms with Gasteiger partial charge in [-0.3, -0.25) is 0 Å². The first-order chi connectivity index (χ1) is 7.61. The van der Waals surface area contributed by atoms with Crippen LogP contribution in [-0.2, 0) is 0 Å². The zero-order chi connectivity index (χ0) is 11.7. The Labute approximate surface area is 105 Å². The Kier molecular flexibility index (Phi) is 4.71. The second-order valence-electron chi connectivity index (χ2n) is 4.36. The highest BCUT2D eigenvalue weighted by atomic mass is 35.5. The predicted molar refractivity (Wildman–Crippen MR) is 64.2 cm³/mol. The van der Waals surface area contributed by atoms with E-state index in [1.54, 1.807) is 0 Å². The smallest absolute Gasteiger partial charge is 0.165 e. The summed E-state index contributed by atoms with van der Waals surface area (Å²) in [4.78, 5) is 0. The molecule has 1 aromatic rings. The van der Waals surface area contributed by atoms with Gasteiger partial charge in [0.2, 0.25) is 0 Å². The highest BCUT2D eigenvalue weighted by Crippen LogP contribution is 2.39. The van der Waals surface area contributed by atoms with E-state index in [1.165, 1.54) is 0 Å². The minimum Gasteiger partial charge on any atom is -0.505 e. The molecule has 1 saturated carbocycles. The number of phenols is 1. The van der Waals surface area contributed by atoms with Gasteiger partial charge in [-0.25, -0.2) is 8.78 Å². The van der Waals surface area contributed by atoms with E-state index in [9.17, 15) is 13.9 Å². The molecule has 0 amide bonds. The average molecular weight is 264 g/mol. The second-order valence-corrected chi connectivity index (χ2v) is 4.36. The van der Waals surface area contributed by atoms with E-state index in [0.717, 1.165) is 37.8 Å². The summed E-state index contributed by atoms with van der Waals surface area (Å²) in [5, 5.41) is 9.51. The summed E-state index contributed by atoms with van der Waals surface area (Å²) in [5.74, 6) is -1.94. The van der Waals surface area contributed by atoms with Crippen molar-refractivity contribution in [3.8, 4) is 5.75 Å². The maximum atomic E-state index is 13.5. The van der Waals surface area contributed by atoms with Crippen molar-refractivity contribution in [2.75, 3.05) is 0 Å². The minimum absolute atomic E-state index is 0. The van der Waals surface area contributed by atoms with Gasteiger partial charge in [0, 0.05) is 11.6 Å². The summed E-state index contributed by atoms with van der Waals surface area (Å²) in [6.07, 6.45) is 3.96. The third kappa shape index (κ3) is 2.69. The van der Waals surface area contributed by atoms with Crippen LogP contribution in [0.15, 0.2) is 12.1 Å². The van der Waals surface area contributed by atoms with Gasteiger partial charge in [0.15, 0.2) is 11.6 Å². The van der Waals surface area contributed by atoms with E-state index in [-0.39, 0.29) is 23.9 Å². The lowest BCUT2D eigenvalue weighted by Crippen LogP contribution is -2.20. The van der Waals surface area contributed by atoms with Crippen LogP contribution in [0.4, 0.5) is 8.78 Å². The third-order valence-corrected chi connectivity index (χ3v) is 3.36. The number of halogens is 3. The highest BCUT2D eigenvalue weighted by molar-refractivity contribution is 5.85. The molecule has 5 heteroatoms. The summed E-state index contributed by atoms with van der Waals surface area (Å²) in [5.41, 5.74) is 5.83. The number of hydrogen-bond acceptors (Lipinski definition) is 2. The Bertz CT molecular complexity index is 394. The maximum Gasteiger partial charge on any atom is 0.165 e. The molecular weight excluding hydrogens is 248 g/mol. The Morgan fingerprint density at radius 1 is 1.18 bits per heavy atom. The minimum atomic E-state index is -0.815. The summed E-state index contributed by atoms with van der Waals surface area (Å²) in [7, 11) is 0. The van der Waals surface area contributed by atoms with Gasteiger partial charge in [0.05, 0.1) is 0 Å². The molecule has 0 unspecified atom stereocenters. The lowest BCUT2D eigenvalue weighted by molar-refractivity contribution is 0.377. The fraction of sp³-hybridized carbons (Fsp3) is 0.500. The Morgan fingerprint density at radius 3 is 2.29 bits per heavy atom. The number of benzene rings is 1. The largest absolute Gasteiger partial charge is 0.505 e. The Balaban J connectivity index is 0.00000144. The molecule has 0 spiro atoms. The van der Waals surface area contributed by atoms with Gasteiger partial charge < -0.3 is 10.8 Å². The van der Waals surface area contributed by atoms with Crippen LogP contribution in [0.25, 0.3) is 0 Å². The number of phenolic OH excluding ortho intramolecular Hbond substituents is 1. The van der Waals surface area contributed by atoms with Crippen molar-refractivity contribution in [3.63, 3.8) is 0 Å². The molecule has 2 rings (SSSR count). The molecule has 1 aliphatic carbocycles. The van der Waals surface area contributed by atoms with Gasteiger partial charge >= 0.3 is 0 Å². The fourth-order valence-corrected chi connectivity index (χ4v) is 2.43. The molecule has 1 aromatic carbocycles. The van der Waals surface area contributed by atoms with Crippen molar-refractivity contribution in [2.24, 2.45) is 11.7 Å². The summed E-state index contributed by atoms with van der Waals surface area (Å²) in [6, 6.07) is 1.31. The monoisotopic (exact) mass is 263 g/mol. The van der Waals surface area contributed by atoms with Crippen molar-refractivity contribution < 1.29 is 13.9 Å². The molecule has 1 aliphatic rings. The Hall–Kier alpha value is -0.870. The molecule has 96 valence electrons. The van der Waals surface area contributed by atoms with Crippen molar-refractivity contribution in [1.82, 2.24) is 0 Å². The van der Waals surface area contributed by atoms with Gasteiger partial charge in [-0.2, -0.15) is 0 Å². The van der Waals surface area contributed by atoms with Gasteiger partial charge in [-0.1, -0.05) is 12.8 Å². The third-order valence-electron chi connectivity index (χ3n) is 3.36. The van der Waals surface area contributed by atoms with Gasteiger partial charge in [0.1, 0.15) is 5.82 Å². The molecule has 0 bridgehead atoms. The van der Waals surface area contributed by atoms with Gasteiger partial charge in [-0.05, 0) is 30.9 Å². The first kappa shape index (κ1) is 14.2. The van der Waals surface area contributed by atoms with E-state index < -0.39 is 23.4 Å². The Morgan fingerprint density at radius 2 is 1.71 bits per heavy atom. The molecular formula is C12H16ClF2NO. The van der Waals surface area contributed by atoms with E-state index in [1.807, 2.05) is 0 Å². The number of rotatable bonds is 2. The first-order valence-corrected chi connectivity index (χ1v) is 5.53. The quantitative estimate of drug-likeness (QED) is 0.860. The summed E-state index contributed by atoms with van der Waals surface area (Å²) < 4.78 is 26.7. The zero-order valence-corrected chi connectivity index (χ0v) is 10.1. The van der Waals surface area contributed by atoms with Crippen LogP contribution in [0.1, 0.15) is 37.3 Å². The number of hydrogen-bond donors (Lipinski definition) is 2. The number of nitrogens with two attached hydrogens (primary N) is 1. The molecule has 17 heavy (non-hydrogen) atoms. The molecule has 1 atom stereocenters. The van der Waals surface area contributed by atoms with E-state index in [4.69, 9.17) is 5.73 Å². The van der Waals surface area contributed by atoms with Crippen molar-refractivity contribution in [1.29, 1.82) is 0 Å². The lowest BCUT2D eigenvalue weighted by Gasteiger charge is -2.20. The molecule has 0 aromatic heterocycles. The first-order valence-electron chi connectivity index (χ1n) is 5.53. The molecule has 0 saturated heterocycles. The van der Waals surface area contributed by atoms with E-state index >= 15 is 0 Å². The SMILES string of the molecule is Cl.N[C@H](c1c(F)ccc(F)c1O)C1CCCC1. The molecule has 0 aliphatic heterocycles. The van der Waals surface area contributed by atoms with E-state index in [0.29, 0.717) is 0 Å². The molecule has 2 nitrogen and oxygen atoms in total.